The molecule has 0 fully saturated rings. The van der Waals surface area contributed by atoms with Crippen molar-refractivity contribution in [3.8, 4) is 11.4 Å². The zero-order chi connectivity index (χ0) is 18.4. The molecule has 0 aromatic carbocycles. The third kappa shape index (κ3) is 4.54. The fourth-order valence-corrected chi connectivity index (χ4v) is 2.56. The average Bonchev–Trinajstić information content (AvgIpc) is 2.74. The second-order valence-corrected chi connectivity index (χ2v) is 6.14. The monoisotopic (exact) mass is 365 g/mol. The lowest BCUT2D eigenvalue weighted by Gasteiger charge is -2.13. The Balaban J connectivity index is 2.11. The summed E-state index contributed by atoms with van der Waals surface area (Å²) in [4.78, 5) is 38.5. The highest BCUT2D eigenvalue weighted by molar-refractivity contribution is 6.18. The normalized spacial score (nSPS) is 10.9. The summed E-state index contributed by atoms with van der Waals surface area (Å²) in [7, 11) is 0. The summed E-state index contributed by atoms with van der Waals surface area (Å²) in [6.07, 6.45) is 0. The van der Waals surface area contributed by atoms with E-state index in [2.05, 4.69) is 29.4 Å². The minimum absolute atomic E-state index is 0.0194. The Morgan fingerprint density at radius 3 is 2.84 bits per heavy atom. The molecule has 8 nitrogen and oxygen atoms in total. The molecule has 2 amide bonds. The second-order valence-electron chi connectivity index (χ2n) is 5.77. The highest BCUT2D eigenvalue weighted by Gasteiger charge is 2.16. The van der Waals surface area contributed by atoms with Crippen molar-refractivity contribution in [3.63, 3.8) is 0 Å². The predicted molar refractivity (Wildman–Crippen MR) is 95.8 cm³/mol. The fraction of sp³-hybridized carbons (Fsp3) is 0.438. The van der Waals surface area contributed by atoms with Crippen molar-refractivity contribution in [3.05, 3.63) is 45.2 Å². The van der Waals surface area contributed by atoms with Crippen molar-refractivity contribution < 1.29 is 4.79 Å². The molecule has 1 N–H and O–H groups in total. The highest BCUT2D eigenvalue weighted by atomic mass is 35.5. The number of aromatic nitrogens is 2. The number of hydrogen-bond donors (Lipinski definition) is 1. The van der Waals surface area contributed by atoms with E-state index >= 15 is 0 Å². The number of amides is 2. The zero-order valence-corrected chi connectivity index (χ0v) is 14.9. The predicted octanol–water partition coefficient (Wildman–Crippen LogP) is 2.40. The molecule has 1 heterocycles. The molecule has 134 valence electrons. The van der Waals surface area contributed by atoms with Gasteiger partial charge in [-0.05, 0) is 23.6 Å². The molecule has 1 aliphatic carbocycles. The first-order valence-corrected chi connectivity index (χ1v) is 8.46. The molecule has 0 aromatic heterocycles. The van der Waals surface area contributed by atoms with Crippen LogP contribution in [-0.4, -0.2) is 39.6 Å². The van der Waals surface area contributed by atoms with Crippen LogP contribution in [0.5, 0.6) is 0 Å². The summed E-state index contributed by atoms with van der Waals surface area (Å²) in [6, 6.07) is 6.94. The Kier molecular flexibility index (Phi) is 6.46. The van der Waals surface area contributed by atoms with E-state index < -0.39 is 6.03 Å². The maximum atomic E-state index is 12.1. The lowest BCUT2D eigenvalue weighted by Crippen LogP contribution is -2.39. The van der Waals surface area contributed by atoms with E-state index in [0.29, 0.717) is 22.3 Å². The van der Waals surface area contributed by atoms with Crippen molar-refractivity contribution in [2.24, 2.45) is 5.29 Å². The summed E-state index contributed by atoms with van der Waals surface area (Å²) in [5.74, 6) is 0.420. The minimum atomic E-state index is -0.653. The molecule has 0 spiro atoms. The molecule has 0 aromatic rings. The smallest absolute Gasteiger partial charge is 0.335 e. The second kappa shape index (κ2) is 8.57. The molecule has 0 saturated heterocycles. The van der Waals surface area contributed by atoms with Crippen LogP contribution >= 0.6 is 11.6 Å². The topological polar surface area (TPSA) is 96.7 Å². The van der Waals surface area contributed by atoms with Gasteiger partial charge in [-0.25, -0.2) is 9.59 Å². The Morgan fingerprint density at radius 1 is 1.44 bits per heavy atom. The van der Waals surface area contributed by atoms with Gasteiger partial charge in [-0.1, -0.05) is 26.0 Å². The van der Waals surface area contributed by atoms with Crippen molar-refractivity contribution in [2.75, 3.05) is 19.0 Å². The lowest BCUT2D eigenvalue weighted by molar-refractivity contribution is 0.202. The number of nitrogens with zero attached hydrogens (tertiary/aromatic N) is 4. The van der Waals surface area contributed by atoms with Crippen LogP contribution in [0, 0.1) is 4.91 Å². The van der Waals surface area contributed by atoms with Gasteiger partial charge in [0.1, 0.15) is 0 Å². The Morgan fingerprint density at radius 2 is 2.20 bits per heavy atom. The molecule has 0 atom stereocenters. The van der Waals surface area contributed by atoms with Crippen LogP contribution in [0.4, 0.5) is 4.79 Å². The van der Waals surface area contributed by atoms with E-state index in [0.717, 1.165) is 5.56 Å². The average molecular weight is 366 g/mol. The first kappa shape index (κ1) is 18.9. The van der Waals surface area contributed by atoms with Crippen molar-refractivity contribution >= 4 is 17.6 Å². The fourth-order valence-electron chi connectivity index (χ4n) is 2.40. The van der Waals surface area contributed by atoms with E-state index in [1.807, 2.05) is 24.3 Å². The standard InChI is InChI=1S/C16H20ClN5O3/c1-11(2)12-4-3-5-14-13(10-12)19-16(24)21(14)9-7-18-15(23)22(20-25)8-6-17/h3-5,10-11H,6-9H2,1-2H3,(H,18,23). The van der Waals surface area contributed by atoms with Crippen LogP contribution in [0.1, 0.15) is 25.3 Å². The van der Waals surface area contributed by atoms with Gasteiger partial charge < -0.3 is 5.32 Å². The number of hydrogen-bond acceptors (Lipinski definition) is 5. The number of urea groups is 1. The molecule has 0 unspecified atom stereocenters. The van der Waals surface area contributed by atoms with E-state index in [1.54, 1.807) is 0 Å². The molecule has 25 heavy (non-hydrogen) atoms. The van der Waals surface area contributed by atoms with Crippen molar-refractivity contribution in [2.45, 2.75) is 26.3 Å². The molecule has 0 saturated carbocycles. The van der Waals surface area contributed by atoms with Crippen molar-refractivity contribution in [1.29, 1.82) is 0 Å². The van der Waals surface area contributed by atoms with E-state index in [4.69, 9.17) is 11.6 Å². The number of fused-ring (bicyclic) bond motifs is 1. The number of carbonyl (C=O) groups is 1. The molecular formula is C16H20ClN5O3. The van der Waals surface area contributed by atoms with Crippen LogP contribution < -0.4 is 11.0 Å². The molecule has 2 aliphatic rings. The Hall–Kier alpha value is -2.48. The van der Waals surface area contributed by atoms with Crippen LogP contribution in [0.25, 0.3) is 11.4 Å². The summed E-state index contributed by atoms with van der Waals surface area (Å²) < 4.78 is 1.49. The summed E-state index contributed by atoms with van der Waals surface area (Å²) in [5.41, 5.74) is 2.01. The quantitative estimate of drug-likeness (QED) is 0.463. The van der Waals surface area contributed by atoms with Gasteiger partial charge in [-0.3, -0.25) is 4.57 Å². The van der Waals surface area contributed by atoms with Gasteiger partial charge in [-0.15, -0.1) is 16.5 Å². The Bertz CT molecular complexity index is 777. The first-order valence-electron chi connectivity index (χ1n) is 7.93. The lowest BCUT2D eigenvalue weighted by atomic mass is 10.1. The largest absolute Gasteiger partial charge is 0.348 e. The van der Waals surface area contributed by atoms with E-state index in [1.165, 1.54) is 4.57 Å². The van der Waals surface area contributed by atoms with Gasteiger partial charge in [0.05, 0.1) is 23.2 Å². The maximum Gasteiger partial charge on any atom is 0.348 e. The first-order chi connectivity index (χ1) is 12.0. The van der Waals surface area contributed by atoms with Crippen LogP contribution in [-0.2, 0) is 6.54 Å². The Labute approximate surface area is 150 Å². The number of halogens is 1. The molecule has 9 heteroatoms. The van der Waals surface area contributed by atoms with E-state index in [-0.39, 0.29) is 31.2 Å². The van der Waals surface area contributed by atoms with Crippen molar-refractivity contribution in [1.82, 2.24) is 19.9 Å². The summed E-state index contributed by atoms with van der Waals surface area (Å²) in [6.45, 7) is 4.55. The summed E-state index contributed by atoms with van der Waals surface area (Å²) >= 11 is 5.49. The maximum absolute atomic E-state index is 12.1. The van der Waals surface area contributed by atoms with Gasteiger partial charge in [0.25, 0.3) is 0 Å². The minimum Gasteiger partial charge on any atom is -0.335 e. The number of nitrogens with one attached hydrogen (secondary N) is 1. The summed E-state index contributed by atoms with van der Waals surface area (Å²) in [5, 5.41) is 5.83. The SMILES string of the molecule is CC(C)c1cccc2n(CCNC(=O)N(CCCl)N=O)c(=O)nc-2c1. The molecule has 0 radical (unpaired) electrons. The number of nitroso groups, excluding NO2 is 1. The third-order valence-electron chi connectivity index (χ3n) is 3.75. The van der Waals surface area contributed by atoms with Gasteiger partial charge in [0, 0.05) is 19.0 Å². The van der Waals surface area contributed by atoms with Gasteiger partial charge in [-0.2, -0.15) is 9.99 Å². The number of imidazole rings is 1. The van der Waals surface area contributed by atoms with Gasteiger partial charge in [0.15, 0.2) is 0 Å². The molecule has 2 rings (SSSR count). The number of rotatable bonds is 7. The molecule has 1 aliphatic heterocycles. The molecular weight excluding hydrogens is 346 g/mol. The number of alkyl halides is 1. The van der Waals surface area contributed by atoms with Crippen LogP contribution in [0.2, 0.25) is 0 Å². The van der Waals surface area contributed by atoms with Gasteiger partial charge >= 0.3 is 11.7 Å². The highest BCUT2D eigenvalue weighted by Crippen LogP contribution is 2.21. The third-order valence-corrected chi connectivity index (χ3v) is 3.92. The zero-order valence-electron chi connectivity index (χ0n) is 14.1. The number of carbonyl (C=O) groups excluding carboxylic acids is 1. The van der Waals surface area contributed by atoms with Crippen LogP contribution in [0.3, 0.4) is 0 Å². The van der Waals surface area contributed by atoms with E-state index in [9.17, 15) is 14.5 Å². The van der Waals surface area contributed by atoms with Crippen LogP contribution in [0.15, 0.2) is 34.3 Å². The van der Waals surface area contributed by atoms with Gasteiger partial charge in [0.2, 0.25) is 0 Å². The molecule has 0 bridgehead atoms.